The van der Waals surface area contributed by atoms with Crippen LogP contribution in [0.25, 0.3) is 16.2 Å². The van der Waals surface area contributed by atoms with E-state index in [0.29, 0.717) is 16.0 Å². The van der Waals surface area contributed by atoms with Gasteiger partial charge in [-0.25, -0.2) is 9.50 Å². The van der Waals surface area contributed by atoms with E-state index in [1.807, 2.05) is 0 Å². The maximum Gasteiger partial charge on any atom is 0.433 e. The normalized spacial score (nSPS) is 18.5. The van der Waals surface area contributed by atoms with E-state index in [2.05, 4.69) is 15.4 Å². The zero-order chi connectivity index (χ0) is 19.9. The summed E-state index contributed by atoms with van der Waals surface area (Å²) in [6, 6.07) is 5.38. The minimum Gasteiger partial charge on any atom is -0.376 e. The highest BCUT2D eigenvalue weighted by atomic mass is 32.1. The highest BCUT2D eigenvalue weighted by Crippen LogP contribution is 2.33. The number of nitrogens with one attached hydrogen (secondary N) is 1. The molecule has 148 valence electrons. The predicted molar refractivity (Wildman–Crippen MR) is 97.2 cm³/mol. The third-order valence-corrected chi connectivity index (χ3v) is 5.50. The molecule has 10 heteroatoms. The second-order valence-electron chi connectivity index (χ2n) is 6.61. The molecule has 0 aromatic carbocycles. The molecule has 3 aromatic rings. The second-order valence-corrected chi connectivity index (χ2v) is 7.56. The Morgan fingerprint density at radius 2 is 2.25 bits per heavy atom. The van der Waals surface area contributed by atoms with Crippen LogP contribution in [0.15, 0.2) is 29.6 Å². The molecule has 0 spiro atoms. The monoisotopic (exact) mass is 410 g/mol. The van der Waals surface area contributed by atoms with Crippen molar-refractivity contribution < 1.29 is 22.7 Å². The quantitative estimate of drug-likeness (QED) is 0.711. The Bertz CT molecular complexity index is 994. The summed E-state index contributed by atoms with van der Waals surface area (Å²) < 4.78 is 46.9. The van der Waals surface area contributed by atoms with Crippen molar-refractivity contribution in [1.29, 1.82) is 0 Å². The molecule has 1 fully saturated rings. The molecule has 1 aliphatic rings. The second kappa shape index (κ2) is 7.17. The number of nitrogens with zero attached hydrogens (tertiary/aromatic N) is 3. The van der Waals surface area contributed by atoms with Gasteiger partial charge in [0, 0.05) is 12.7 Å². The lowest BCUT2D eigenvalue weighted by Gasteiger charge is -2.19. The van der Waals surface area contributed by atoms with Crippen LogP contribution in [0.3, 0.4) is 0 Å². The van der Waals surface area contributed by atoms with E-state index >= 15 is 0 Å². The van der Waals surface area contributed by atoms with Crippen molar-refractivity contribution in [1.82, 2.24) is 19.9 Å². The number of fused-ring (bicyclic) bond motifs is 1. The number of thiophene rings is 1. The number of ether oxygens (including phenoxy) is 1. The number of hydrogen-bond donors (Lipinski definition) is 1. The Kier molecular flexibility index (Phi) is 4.84. The van der Waals surface area contributed by atoms with E-state index in [1.165, 1.54) is 17.4 Å². The summed E-state index contributed by atoms with van der Waals surface area (Å²) in [4.78, 5) is 17.4. The molecule has 6 nitrogen and oxygen atoms in total. The molecule has 4 heterocycles. The van der Waals surface area contributed by atoms with Gasteiger partial charge < -0.3 is 10.1 Å². The zero-order valence-electron chi connectivity index (χ0n) is 14.9. The smallest absolute Gasteiger partial charge is 0.376 e. The van der Waals surface area contributed by atoms with Gasteiger partial charge in [-0.05, 0) is 37.3 Å². The van der Waals surface area contributed by atoms with Crippen LogP contribution in [0.1, 0.15) is 35.9 Å². The van der Waals surface area contributed by atoms with E-state index in [1.54, 1.807) is 24.4 Å². The maximum atomic E-state index is 13.6. The number of halogens is 3. The average Bonchev–Trinajstić information content (AvgIpc) is 3.40. The molecular weight excluding hydrogens is 393 g/mol. The molecular formula is C18H17F3N4O2S. The van der Waals surface area contributed by atoms with Gasteiger partial charge in [0.05, 0.1) is 22.7 Å². The molecule has 4 rings (SSSR count). The summed E-state index contributed by atoms with van der Waals surface area (Å²) in [6.07, 6.45) is -2.99. The number of hydrogen-bond acceptors (Lipinski definition) is 5. The molecule has 0 unspecified atom stereocenters. The fourth-order valence-corrected chi connectivity index (χ4v) is 3.89. The first-order valence-electron chi connectivity index (χ1n) is 8.77. The van der Waals surface area contributed by atoms with Crippen LogP contribution in [0.2, 0.25) is 0 Å². The first kappa shape index (κ1) is 18.9. The first-order valence-corrected chi connectivity index (χ1v) is 9.65. The van der Waals surface area contributed by atoms with Gasteiger partial charge >= 0.3 is 6.18 Å². The van der Waals surface area contributed by atoms with Crippen LogP contribution in [0.5, 0.6) is 0 Å². The first-order chi connectivity index (χ1) is 13.3. The number of rotatable bonds is 4. The zero-order valence-corrected chi connectivity index (χ0v) is 15.7. The lowest BCUT2D eigenvalue weighted by atomic mass is 10.1. The summed E-state index contributed by atoms with van der Waals surface area (Å²) in [5.74, 6) is -0.556. The minimum atomic E-state index is -4.64. The number of alkyl halides is 3. The van der Waals surface area contributed by atoms with Crippen LogP contribution in [0, 0.1) is 0 Å². The largest absolute Gasteiger partial charge is 0.433 e. The van der Waals surface area contributed by atoms with Crippen LogP contribution < -0.4 is 5.32 Å². The Hall–Kier alpha value is -2.46. The van der Waals surface area contributed by atoms with Crippen molar-refractivity contribution in [2.45, 2.75) is 38.1 Å². The third kappa shape index (κ3) is 3.61. The van der Waals surface area contributed by atoms with Crippen molar-refractivity contribution in [3.05, 3.63) is 41.0 Å². The van der Waals surface area contributed by atoms with Crippen molar-refractivity contribution >= 4 is 22.9 Å². The third-order valence-electron chi connectivity index (χ3n) is 4.61. The lowest BCUT2D eigenvalue weighted by Crippen LogP contribution is -2.41. The molecule has 1 saturated heterocycles. The summed E-state index contributed by atoms with van der Waals surface area (Å²) in [5, 5.41) is 8.38. The molecule has 1 aliphatic heterocycles. The van der Waals surface area contributed by atoms with Crippen molar-refractivity contribution in [3.63, 3.8) is 0 Å². The van der Waals surface area contributed by atoms with Gasteiger partial charge in [-0.2, -0.15) is 18.3 Å². The topological polar surface area (TPSA) is 68.5 Å². The van der Waals surface area contributed by atoms with Gasteiger partial charge in [0.1, 0.15) is 0 Å². The number of carbonyl (C=O) groups is 1. The van der Waals surface area contributed by atoms with E-state index in [0.717, 1.165) is 18.9 Å². The fourth-order valence-electron chi connectivity index (χ4n) is 3.21. The number of amides is 1. The van der Waals surface area contributed by atoms with Gasteiger partial charge in [0.2, 0.25) is 0 Å². The number of aromatic nitrogens is 3. The van der Waals surface area contributed by atoms with Gasteiger partial charge in [-0.15, -0.1) is 11.3 Å². The van der Waals surface area contributed by atoms with Crippen molar-refractivity contribution in [2.75, 3.05) is 6.61 Å². The van der Waals surface area contributed by atoms with Crippen LogP contribution in [0.4, 0.5) is 13.2 Å². The summed E-state index contributed by atoms with van der Waals surface area (Å²) in [7, 11) is 0. The maximum absolute atomic E-state index is 13.6. The van der Waals surface area contributed by atoms with Gasteiger partial charge in [0.15, 0.2) is 17.0 Å². The molecule has 1 N–H and O–H groups in total. The lowest BCUT2D eigenvalue weighted by molar-refractivity contribution is -0.142. The minimum absolute atomic E-state index is 0.0341. The van der Waals surface area contributed by atoms with E-state index in [-0.39, 0.29) is 29.2 Å². The molecule has 1 amide bonds. The summed E-state index contributed by atoms with van der Waals surface area (Å²) in [6.45, 7) is 2.45. The Morgan fingerprint density at radius 3 is 2.89 bits per heavy atom. The SMILES string of the molecule is C[C@@H](NC(=O)c1cc2nc(-c3cccs3)cc(C(F)(F)F)n2n1)[C@H]1CCCO1. The molecule has 28 heavy (non-hydrogen) atoms. The van der Waals surface area contributed by atoms with E-state index in [4.69, 9.17) is 4.74 Å². The van der Waals surface area contributed by atoms with Gasteiger partial charge in [-0.3, -0.25) is 4.79 Å². The van der Waals surface area contributed by atoms with E-state index < -0.39 is 17.8 Å². The van der Waals surface area contributed by atoms with Gasteiger partial charge in [-0.1, -0.05) is 6.07 Å². The molecule has 0 aliphatic carbocycles. The Labute approximate surface area is 162 Å². The van der Waals surface area contributed by atoms with Crippen molar-refractivity contribution in [2.24, 2.45) is 0 Å². The molecule has 0 bridgehead atoms. The molecule has 0 saturated carbocycles. The Morgan fingerprint density at radius 1 is 1.43 bits per heavy atom. The fraction of sp³-hybridized carbons (Fsp3) is 0.389. The van der Waals surface area contributed by atoms with Crippen molar-refractivity contribution in [3.8, 4) is 10.6 Å². The highest BCUT2D eigenvalue weighted by molar-refractivity contribution is 7.13. The van der Waals surface area contributed by atoms with Crippen LogP contribution in [-0.4, -0.2) is 39.3 Å². The van der Waals surface area contributed by atoms with Crippen LogP contribution >= 0.6 is 11.3 Å². The summed E-state index contributed by atoms with van der Waals surface area (Å²) in [5.41, 5.74) is -0.944. The standard InChI is InChI=1S/C18H17F3N4O2S/c1-10(13-4-2-6-27-13)22-17(26)12-9-16-23-11(14-5-3-7-28-14)8-15(18(19,20)21)25(16)24-12/h3,5,7-10,13H,2,4,6H2,1H3,(H,22,26)/t10-,13-/m1/s1. The number of carbonyl (C=O) groups excluding carboxylic acids is 1. The average molecular weight is 410 g/mol. The Balaban J connectivity index is 1.70. The predicted octanol–water partition coefficient (Wildman–Crippen LogP) is 3.77. The molecule has 2 atom stereocenters. The van der Waals surface area contributed by atoms with Gasteiger partial charge in [0.25, 0.3) is 5.91 Å². The summed E-state index contributed by atoms with van der Waals surface area (Å²) >= 11 is 1.29. The highest BCUT2D eigenvalue weighted by Gasteiger charge is 2.36. The van der Waals surface area contributed by atoms with E-state index in [9.17, 15) is 18.0 Å². The van der Waals surface area contributed by atoms with Crippen LogP contribution in [-0.2, 0) is 10.9 Å². The molecule has 3 aromatic heterocycles. The molecule has 0 radical (unpaired) electrons.